The Morgan fingerprint density at radius 1 is 1.12 bits per heavy atom. The van der Waals surface area contributed by atoms with E-state index in [0.717, 1.165) is 22.3 Å². The molecule has 33 heavy (non-hydrogen) atoms. The van der Waals surface area contributed by atoms with Gasteiger partial charge in [-0.05, 0) is 54.2 Å². The number of hydrogen-bond acceptors (Lipinski definition) is 5. The van der Waals surface area contributed by atoms with Crippen LogP contribution in [0.2, 0.25) is 0 Å². The monoisotopic (exact) mass is 452 g/mol. The van der Waals surface area contributed by atoms with Crippen molar-refractivity contribution >= 4 is 17.1 Å². The van der Waals surface area contributed by atoms with Crippen molar-refractivity contribution in [3.8, 4) is 28.3 Å². The molecule has 8 heteroatoms. The van der Waals surface area contributed by atoms with Gasteiger partial charge in [0.15, 0.2) is 5.58 Å². The molecule has 4 rings (SSSR count). The van der Waals surface area contributed by atoms with E-state index in [1.165, 1.54) is 6.07 Å². The summed E-state index contributed by atoms with van der Waals surface area (Å²) >= 11 is 0. The highest BCUT2D eigenvalue weighted by Crippen LogP contribution is 2.35. The molecule has 6 nitrogen and oxygen atoms in total. The number of alkyl halides is 2. The molecular weight excluding hydrogens is 430 g/mol. The van der Waals surface area contributed by atoms with E-state index < -0.39 is 18.6 Å². The SMILES string of the molecule is Cc1c(-c2ccccc2)cccc1-c1nc2cc(CC[C@@H](N)C(=O)O)c(OC(F)F)cc2o1. The number of ether oxygens (including phenoxy) is 1. The summed E-state index contributed by atoms with van der Waals surface area (Å²) in [4.78, 5) is 15.6. The first-order valence-corrected chi connectivity index (χ1v) is 10.4. The number of rotatable bonds is 8. The van der Waals surface area contributed by atoms with Crippen LogP contribution >= 0.6 is 0 Å². The van der Waals surface area contributed by atoms with Gasteiger partial charge in [-0.2, -0.15) is 8.78 Å². The highest BCUT2D eigenvalue weighted by Gasteiger charge is 2.19. The molecule has 3 aromatic carbocycles. The first kappa shape index (κ1) is 22.4. The van der Waals surface area contributed by atoms with Crippen LogP contribution in [0.4, 0.5) is 8.78 Å². The number of aliphatic carboxylic acids is 1. The average Bonchev–Trinajstić information content (AvgIpc) is 3.20. The summed E-state index contributed by atoms with van der Waals surface area (Å²) in [5.41, 5.74) is 10.5. The fraction of sp³-hybridized carbons (Fsp3) is 0.200. The van der Waals surface area contributed by atoms with Crippen LogP contribution in [0.3, 0.4) is 0 Å². The molecule has 0 saturated carbocycles. The van der Waals surface area contributed by atoms with Gasteiger partial charge in [0.05, 0.1) is 0 Å². The van der Waals surface area contributed by atoms with Gasteiger partial charge in [0.1, 0.15) is 17.3 Å². The predicted molar refractivity (Wildman–Crippen MR) is 120 cm³/mol. The van der Waals surface area contributed by atoms with E-state index in [2.05, 4.69) is 9.72 Å². The van der Waals surface area contributed by atoms with Crippen molar-refractivity contribution in [3.05, 3.63) is 71.8 Å². The zero-order chi connectivity index (χ0) is 23.5. The van der Waals surface area contributed by atoms with Gasteiger partial charge in [-0.1, -0.05) is 42.5 Å². The minimum atomic E-state index is -3.04. The lowest BCUT2D eigenvalue weighted by Crippen LogP contribution is -2.30. The number of nitrogens with two attached hydrogens (primary N) is 1. The van der Waals surface area contributed by atoms with Crippen molar-refractivity contribution in [3.63, 3.8) is 0 Å². The lowest BCUT2D eigenvalue weighted by Gasteiger charge is -2.11. The lowest BCUT2D eigenvalue weighted by atomic mass is 9.96. The molecular formula is C25H22F2N2O4. The molecule has 3 N–H and O–H groups in total. The Kier molecular flexibility index (Phi) is 6.37. The van der Waals surface area contributed by atoms with Crippen LogP contribution in [0, 0.1) is 6.92 Å². The molecule has 0 amide bonds. The summed E-state index contributed by atoms with van der Waals surface area (Å²) < 4.78 is 36.5. The first-order chi connectivity index (χ1) is 15.8. The molecule has 0 aliphatic carbocycles. The molecule has 0 aliphatic rings. The highest BCUT2D eigenvalue weighted by atomic mass is 19.3. The summed E-state index contributed by atoms with van der Waals surface area (Å²) in [6, 6.07) is 17.5. The van der Waals surface area contributed by atoms with Crippen molar-refractivity contribution < 1.29 is 27.8 Å². The van der Waals surface area contributed by atoms with Gasteiger partial charge in [-0.3, -0.25) is 4.79 Å². The number of carboxylic acids is 1. The predicted octanol–water partition coefficient (Wildman–Crippen LogP) is 5.42. The summed E-state index contributed by atoms with van der Waals surface area (Å²) in [6.07, 6.45) is 0.194. The second kappa shape index (κ2) is 9.38. The maximum atomic E-state index is 13.0. The van der Waals surface area contributed by atoms with E-state index in [-0.39, 0.29) is 24.2 Å². The number of halogens is 2. The Balaban J connectivity index is 1.74. The number of nitrogens with zero attached hydrogens (tertiary/aromatic N) is 1. The van der Waals surface area contributed by atoms with Gasteiger partial charge in [0, 0.05) is 11.6 Å². The summed E-state index contributed by atoms with van der Waals surface area (Å²) in [6.45, 7) is -1.07. The average molecular weight is 452 g/mol. The Bertz CT molecular complexity index is 1290. The third-order valence-electron chi connectivity index (χ3n) is 5.48. The Morgan fingerprint density at radius 3 is 2.55 bits per heavy atom. The third-order valence-corrected chi connectivity index (χ3v) is 5.48. The van der Waals surface area contributed by atoms with Crippen molar-refractivity contribution in [2.75, 3.05) is 0 Å². The molecule has 0 spiro atoms. The minimum absolute atomic E-state index is 0.0589. The zero-order valence-electron chi connectivity index (χ0n) is 17.8. The van der Waals surface area contributed by atoms with Crippen LogP contribution in [-0.2, 0) is 11.2 Å². The largest absolute Gasteiger partial charge is 0.480 e. The van der Waals surface area contributed by atoms with Crippen LogP contribution in [0.25, 0.3) is 33.7 Å². The number of carboxylic acid groups (broad SMARTS) is 1. The lowest BCUT2D eigenvalue weighted by molar-refractivity contribution is -0.138. The number of oxazole rings is 1. The molecule has 0 unspecified atom stereocenters. The second-order valence-corrected chi connectivity index (χ2v) is 7.65. The number of benzene rings is 3. The van der Waals surface area contributed by atoms with Gasteiger partial charge in [0.25, 0.3) is 0 Å². The molecule has 0 saturated heterocycles. The van der Waals surface area contributed by atoms with Crippen LogP contribution in [0.15, 0.2) is 65.1 Å². The fourth-order valence-corrected chi connectivity index (χ4v) is 3.75. The van der Waals surface area contributed by atoms with Crippen molar-refractivity contribution in [2.24, 2.45) is 5.73 Å². The zero-order valence-corrected chi connectivity index (χ0v) is 17.8. The van der Waals surface area contributed by atoms with Crippen LogP contribution in [-0.4, -0.2) is 28.7 Å². The number of aromatic nitrogens is 1. The van der Waals surface area contributed by atoms with Gasteiger partial charge >= 0.3 is 12.6 Å². The fourth-order valence-electron chi connectivity index (χ4n) is 3.75. The van der Waals surface area contributed by atoms with Crippen molar-refractivity contribution in [1.29, 1.82) is 0 Å². The van der Waals surface area contributed by atoms with E-state index in [1.807, 2.05) is 55.5 Å². The molecule has 0 bridgehead atoms. The van der Waals surface area contributed by atoms with Crippen LogP contribution in [0.5, 0.6) is 5.75 Å². The quantitative estimate of drug-likeness (QED) is 0.371. The summed E-state index contributed by atoms with van der Waals surface area (Å²) in [5.74, 6) is -0.903. The van der Waals surface area contributed by atoms with E-state index in [1.54, 1.807) is 6.07 Å². The number of hydrogen-bond donors (Lipinski definition) is 2. The Morgan fingerprint density at radius 2 is 1.85 bits per heavy atom. The molecule has 0 fully saturated rings. The summed E-state index contributed by atoms with van der Waals surface area (Å²) in [5, 5.41) is 9.00. The molecule has 1 heterocycles. The van der Waals surface area contributed by atoms with Crippen molar-refractivity contribution in [1.82, 2.24) is 4.98 Å². The minimum Gasteiger partial charge on any atom is -0.480 e. The Hall–Kier alpha value is -3.78. The molecule has 1 aromatic heterocycles. The molecule has 1 atom stereocenters. The third kappa shape index (κ3) is 4.85. The van der Waals surface area contributed by atoms with Gasteiger partial charge in [-0.15, -0.1) is 0 Å². The number of aryl methyl sites for hydroxylation is 1. The van der Waals surface area contributed by atoms with Gasteiger partial charge in [0.2, 0.25) is 5.89 Å². The van der Waals surface area contributed by atoms with E-state index >= 15 is 0 Å². The highest BCUT2D eigenvalue weighted by molar-refractivity contribution is 5.82. The van der Waals surface area contributed by atoms with Crippen molar-refractivity contribution in [2.45, 2.75) is 32.4 Å². The topological polar surface area (TPSA) is 98.6 Å². The number of carbonyl (C=O) groups is 1. The molecule has 170 valence electrons. The van der Waals surface area contributed by atoms with Gasteiger partial charge in [-0.25, -0.2) is 4.98 Å². The summed E-state index contributed by atoms with van der Waals surface area (Å²) in [7, 11) is 0. The normalized spacial score (nSPS) is 12.3. The van der Waals surface area contributed by atoms with E-state index in [0.29, 0.717) is 17.0 Å². The van der Waals surface area contributed by atoms with E-state index in [9.17, 15) is 13.6 Å². The van der Waals surface area contributed by atoms with Crippen LogP contribution < -0.4 is 10.5 Å². The smallest absolute Gasteiger partial charge is 0.387 e. The van der Waals surface area contributed by atoms with Gasteiger partial charge < -0.3 is 20.0 Å². The maximum Gasteiger partial charge on any atom is 0.387 e. The molecule has 0 aliphatic heterocycles. The molecule has 0 radical (unpaired) electrons. The van der Waals surface area contributed by atoms with E-state index in [4.69, 9.17) is 15.3 Å². The number of fused-ring (bicyclic) bond motifs is 1. The molecule has 4 aromatic rings. The van der Waals surface area contributed by atoms with Crippen LogP contribution in [0.1, 0.15) is 17.5 Å². The first-order valence-electron chi connectivity index (χ1n) is 10.4. The second-order valence-electron chi connectivity index (χ2n) is 7.65. The Labute approximate surface area is 188 Å². The standard InChI is InChI=1S/C25H22F2N2O4/c1-14-17(15-6-3-2-4-7-15)8-5-9-18(14)23-29-20-12-16(10-11-19(28)24(30)31)21(33-25(26)27)13-22(20)32-23/h2-9,12-13,19,25H,10-11,28H2,1H3,(H,30,31)/t19-/m1/s1. The maximum absolute atomic E-state index is 13.0.